The molecule has 0 saturated carbocycles. The fraction of sp³-hybridized carbons (Fsp3) is 0.0714. The summed E-state index contributed by atoms with van der Waals surface area (Å²) in [6.07, 6.45) is 0. The maximum Gasteiger partial charge on any atom is 0.258 e. The minimum atomic E-state index is -0.463. The van der Waals surface area contributed by atoms with Crippen molar-refractivity contribution in [2.75, 3.05) is 5.32 Å². The maximum absolute atomic E-state index is 12.3. The summed E-state index contributed by atoms with van der Waals surface area (Å²) < 4.78 is 0. The zero-order valence-corrected chi connectivity index (χ0v) is 13.3. The Hall–Kier alpha value is -0.930. The number of amides is 1. The van der Waals surface area contributed by atoms with Crippen molar-refractivity contribution in [2.24, 2.45) is 0 Å². The Labute approximate surface area is 136 Å². The molecule has 0 saturated heterocycles. The van der Waals surface area contributed by atoms with Gasteiger partial charge in [0.2, 0.25) is 0 Å². The van der Waals surface area contributed by atoms with E-state index in [9.17, 15) is 4.79 Å². The van der Waals surface area contributed by atoms with Crippen LogP contribution in [-0.2, 0) is 0 Å². The van der Waals surface area contributed by atoms with Crippen LogP contribution in [0.2, 0.25) is 20.1 Å². The van der Waals surface area contributed by atoms with Gasteiger partial charge in [0.05, 0.1) is 31.3 Å². The first kappa shape index (κ1) is 15.5. The van der Waals surface area contributed by atoms with Gasteiger partial charge in [-0.2, -0.15) is 0 Å². The van der Waals surface area contributed by atoms with Gasteiger partial charge in [-0.05, 0) is 30.7 Å². The van der Waals surface area contributed by atoms with Gasteiger partial charge in [0.25, 0.3) is 5.91 Å². The van der Waals surface area contributed by atoms with E-state index in [1.54, 1.807) is 30.3 Å². The lowest BCUT2D eigenvalue weighted by atomic mass is 10.2. The number of aryl methyl sites for hydroxylation is 1. The van der Waals surface area contributed by atoms with Crippen LogP contribution in [0.4, 0.5) is 5.69 Å². The molecule has 0 aliphatic heterocycles. The Morgan fingerprint density at radius 2 is 1.55 bits per heavy atom. The number of carbonyl (C=O) groups is 1. The highest BCUT2D eigenvalue weighted by molar-refractivity contribution is 6.42. The van der Waals surface area contributed by atoms with Gasteiger partial charge < -0.3 is 5.32 Å². The molecule has 6 heteroatoms. The highest BCUT2D eigenvalue weighted by Gasteiger charge is 2.17. The van der Waals surface area contributed by atoms with E-state index in [1.807, 2.05) is 6.92 Å². The van der Waals surface area contributed by atoms with Crippen molar-refractivity contribution in [1.82, 2.24) is 0 Å². The molecule has 2 aromatic rings. The van der Waals surface area contributed by atoms with Crippen LogP contribution in [-0.4, -0.2) is 5.91 Å². The Balaban J connectivity index is 2.41. The molecule has 0 aliphatic rings. The van der Waals surface area contributed by atoms with Crippen molar-refractivity contribution >= 4 is 58.0 Å². The number of halogens is 4. The number of carbonyl (C=O) groups excluding carboxylic acids is 1. The molecule has 0 fully saturated rings. The van der Waals surface area contributed by atoms with Crippen LogP contribution in [0.5, 0.6) is 0 Å². The van der Waals surface area contributed by atoms with Gasteiger partial charge in [0.15, 0.2) is 0 Å². The molecular weight excluding hydrogens is 340 g/mol. The Morgan fingerprint density at radius 1 is 0.950 bits per heavy atom. The van der Waals surface area contributed by atoms with Crippen LogP contribution in [0, 0.1) is 6.92 Å². The largest absolute Gasteiger partial charge is 0.319 e. The second-order valence-corrected chi connectivity index (χ2v) is 5.70. The Morgan fingerprint density at radius 3 is 2.15 bits per heavy atom. The van der Waals surface area contributed by atoms with Crippen molar-refractivity contribution < 1.29 is 4.79 Å². The van der Waals surface area contributed by atoms with Gasteiger partial charge in [-0.1, -0.05) is 58.5 Å². The summed E-state index contributed by atoms with van der Waals surface area (Å²) in [7, 11) is 0. The van der Waals surface area contributed by atoms with Gasteiger partial charge in [0.1, 0.15) is 0 Å². The first-order chi connectivity index (χ1) is 9.41. The highest BCUT2D eigenvalue weighted by atomic mass is 35.5. The minimum Gasteiger partial charge on any atom is -0.319 e. The molecule has 2 rings (SSSR count). The molecule has 0 spiro atoms. The molecule has 20 heavy (non-hydrogen) atoms. The quantitative estimate of drug-likeness (QED) is 0.723. The zero-order valence-electron chi connectivity index (χ0n) is 10.3. The second-order valence-electron chi connectivity index (χ2n) is 4.10. The van der Waals surface area contributed by atoms with E-state index in [-0.39, 0.29) is 15.6 Å². The fourth-order valence-electron chi connectivity index (χ4n) is 1.66. The molecule has 1 amide bonds. The third-order valence-corrected chi connectivity index (χ3v) is 4.14. The second kappa shape index (κ2) is 6.23. The van der Waals surface area contributed by atoms with E-state index in [4.69, 9.17) is 46.4 Å². The Kier molecular flexibility index (Phi) is 4.82. The summed E-state index contributed by atoms with van der Waals surface area (Å²) in [6, 6.07) is 8.26. The van der Waals surface area contributed by atoms with E-state index in [0.717, 1.165) is 5.56 Å². The van der Waals surface area contributed by atoms with E-state index >= 15 is 0 Å². The molecule has 0 aliphatic carbocycles. The van der Waals surface area contributed by atoms with Gasteiger partial charge in [0, 0.05) is 0 Å². The summed E-state index contributed by atoms with van der Waals surface area (Å²) in [6.45, 7) is 1.82. The normalized spacial score (nSPS) is 10.4. The lowest BCUT2D eigenvalue weighted by Gasteiger charge is -2.12. The first-order valence-corrected chi connectivity index (χ1v) is 7.13. The number of nitrogens with one attached hydrogen (secondary N) is 1. The predicted octanol–water partition coefficient (Wildman–Crippen LogP) is 5.86. The van der Waals surface area contributed by atoms with E-state index in [2.05, 4.69) is 5.32 Å². The van der Waals surface area contributed by atoms with Crippen LogP contribution in [0.25, 0.3) is 0 Å². The molecular formula is C14H9Cl4NO. The average Bonchev–Trinajstić information content (AvgIpc) is 2.39. The number of benzene rings is 2. The van der Waals surface area contributed by atoms with Crippen molar-refractivity contribution in [3.05, 3.63) is 61.5 Å². The fourth-order valence-corrected chi connectivity index (χ4v) is 2.70. The molecule has 1 N–H and O–H groups in total. The third-order valence-electron chi connectivity index (χ3n) is 2.71. The van der Waals surface area contributed by atoms with Crippen molar-refractivity contribution in [1.29, 1.82) is 0 Å². The lowest BCUT2D eigenvalue weighted by molar-refractivity contribution is 0.102. The third kappa shape index (κ3) is 3.04. The first-order valence-electron chi connectivity index (χ1n) is 5.61. The topological polar surface area (TPSA) is 29.1 Å². The molecule has 2 nitrogen and oxygen atoms in total. The lowest BCUT2D eigenvalue weighted by Crippen LogP contribution is -2.14. The highest BCUT2D eigenvalue weighted by Crippen LogP contribution is 2.34. The molecule has 2 aromatic carbocycles. The summed E-state index contributed by atoms with van der Waals surface area (Å²) in [5.41, 5.74) is 1.33. The van der Waals surface area contributed by atoms with E-state index in [0.29, 0.717) is 15.7 Å². The van der Waals surface area contributed by atoms with E-state index < -0.39 is 5.91 Å². The molecule has 0 unspecified atom stereocenters. The minimum absolute atomic E-state index is 0.185. The molecule has 0 atom stereocenters. The standard InChI is InChI=1S/C14H9Cl4NO/c1-7-5-6-10(17)13(12(7)18)19-14(20)11-8(15)3-2-4-9(11)16/h2-6H,1H3,(H,19,20). The van der Waals surface area contributed by atoms with Crippen LogP contribution in [0.1, 0.15) is 15.9 Å². The average molecular weight is 349 g/mol. The molecule has 104 valence electrons. The van der Waals surface area contributed by atoms with E-state index in [1.165, 1.54) is 0 Å². The predicted molar refractivity (Wildman–Crippen MR) is 85.6 cm³/mol. The van der Waals surface area contributed by atoms with Crippen molar-refractivity contribution in [2.45, 2.75) is 6.92 Å². The van der Waals surface area contributed by atoms with Crippen molar-refractivity contribution in [3.63, 3.8) is 0 Å². The SMILES string of the molecule is Cc1ccc(Cl)c(NC(=O)c2c(Cl)cccc2Cl)c1Cl. The van der Waals surface area contributed by atoms with Crippen molar-refractivity contribution in [3.8, 4) is 0 Å². The summed E-state index contributed by atoms with van der Waals surface area (Å²) in [5, 5.41) is 3.89. The summed E-state index contributed by atoms with van der Waals surface area (Å²) >= 11 is 24.2. The zero-order chi connectivity index (χ0) is 14.9. The molecule has 0 heterocycles. The molecule has 0 radical (unpaired) electrons. The monoisotopic (exact) mass is 347 g/mol. The molecule has 0 bridgehead atoms. The molecule has 0 aromatic heterocycles. The Bertz CT molecular complexity index is 665. The van der Waals surface area contributed by atoms with Gasteiger partial charge in [-0.3, -0.25) is 4.79 Å². The summed E-state index contributed by atoms with van der Waals surface area (Å²) in [4.78, 5) is 12.3. The number of anilines is 1. The maximum atomic E-state index is 12.3. The summed E-state index contributed by atoms with van der Waals surface area (Å²) in [5.74, 6) is -0.463. The number of hydrogen-bond donors (Lipinski definition) is 1. The van der Waals surface area contributed by atoms with Crippen LogP contribution in [0.3, 0.4) is 0 Å². The van der Waals surface area contributed by atoms with Gasteiger partial charge >= 0.3 is 0 Å². The number of rotatable bonds is 2. The van der Waals surface area contributed by atoms with Gasteiger partial charge in [-0.15, -0.1) is 0 Å². The van der Waals surface area contributed by atoms with Crippen LogP contribution in [0.15, 0.2) is 30.3 Å². The smallest absolute Gasteiger partial charge is 0.258 e. The van der Waals surface area contributed by atoms with Gasteiger partial charge in [-0.25, -0.2) is 0 Å². The van der Waals surface area contributed by atoms with Crippen LogP contribution < -0.4 is 5.32 Å². The number of hydrogen-bond acceptors (Lipinski definition) is 1. The van der Waals surface area contributed by atoms with Crippen LogP contribution >= 0.6 is 46.4 Å².